The Hall–Kier alpha value is -3.76. The molecule has 1 aromatic carbocycles. The molecule has 2 aromatic heterocycles. The second kappa shape index (κ2) is 7.23. The van der Waals surface area contributed by atoms with Gasteiger partial charge in [-0.05, 0) is 26.0 Å². The van der Waals surface area contributed by atoms with E-state index < -0.39 is 4.92 Å². The summed E-state index contributed by atoms with van der Waals surface area (Å²) in [5, 5.41) is 27.7. The molecule has 0 N–H and O–H groups in total. The van der Waals surface area contributed by atoms with Gasteiger partial charge in [0.1, 0.15) is 12.1 Å². The number of benzene rings is 1. The smallest absolute Gasteiger partial charge is 0.314 e. The third kappa shape index (κ3) is 3.47. The van der Waals surface area contributed by atoms with Gasteiger partial charge in [0.25, 0.3) is 5.95 Å². The minimum atomic E-state index is -0.539. The minimum absolute atomic E-state index is 0.102. The summed E-state index contributed by atoms with van der Waals surface area (Å²) in [5.41, 5.74) is 2.02. The fourth-order valence-electron chi connectivity index (χ4n) is 2.55. The topological polar surface area (TPSA) is 122 Å². The molecule has 3 aromatic rings. The van der Waals surface area contributed by atoms with Gasteiger partial charge in [0.15, 0.2) is 5.75 Å². The summed E-state index contributed by atoms with van der Waals surface area (Å²) in [6.45, 7) is 3.77. The number of ether oxygens (including phenoxy) is 2. The van der Waals surface area contributed by atoms with Gasteiger partial charge in [-0.15, -0.1) is 10.2 Å². The molecule has 0 atom stereocenters. The molecule has 11 heteroatoms. The lowest BCUT2D eigenvalue weighted by atomic mass is 10.2. The highest BCUT2D eigenvalue weighted by atomic mass is 16.6. The van der Waals surface area contributed by atoms with Gasteiger partial charge in [-0.25, -0.2) is 4.68 Å². The molecule has 11 nitrogen and oxygen atoms in total. The van der Waals surface area contributed by atoms with E-state index in [1.165, 1.54) is 43.6 Å². The largest absolute Gasteiger partial charge is 0.496 e. The summed E-state index contributed by atoms with van der Waals surface area (Å²) < 4.78 is 13.4. The molecule has 27 heavy (non-hydrogen) atoms. The zero-order valence-electron chi connectivity index (χ0n) is 15.2. The summed E-state index contributed by atoms with van der Waals surface area (Å²) in [5.74, 6) is 0.793. The molecule has 0 amide bonds. The van der Waals surface area contributed by atoms with Crippen molar-refractivity contribution in [3.8, 4) is 17.4 Å². The molecular formula is C16H17N7O4. The fourth-order valence-corrected chi connectivity index (χ4v) is 2.55. The number of methoxy groups -OCH3 is 2. The van der Waals surface area contributed by atoms with Gasteiger partial charge in [0.2, 0.25) is 0 Å². The number of nitrogens with zero attached hydrogens (tertiary/aromatic N) is 7. The monoisotopic (exact) mass is 371 g/mol. The van der Waals surface area contributed by atoms with Crippen molar-refractivity contribution in [1.82, 2.24) is 24.7 Å². The molecule has 0 aliphatic heterocycles. The molecule has 0 bridgehead atoms. The summed E-state index contributed by atoms with van der Waals surface area (Å²) in [4.78, 5) is 10.6. The van der Waals surface area contributed by atoms with Crippen molar-refractivity contribution in [2.75, 3.05) is 14.2 Å². The first-order chi connectivity index (χ1) is 12.9. The maximum Gasteiger partial charge on any atom is 0.314 e. The van der Waals surface area contributed by atoms with Crippen molar-refractivity contribution in [2.45, 2.75) is 13.8 Å². The van der Waals surface area contributed by atoms with Crippen molar-refractivity contribution >= 4 is 11.9 Å². The van der Waals surface area contributed by atoms with E-state index in [1.807, 2.05) is 19.9 Å². The highest BCUT2D eigenvalue weighted by Gasteiger charge is 2.19. The van der Waals surface area contributed by atoms with Crippen LogP contribution in [0.1, 0.15) is 17.0 Å². The van der Waals surface area contributed by atoms with Crippen LogP contribution in [0.15, 0.2) is 29.6 Å². The van der Waals surface area contributed by atoms with E-state index in [9.17, 15) is 10.1 Å². The first-order valence-corrected chi connectivity index (χ1v) is 7.83. The first kappa shape index (κ1) is 18.0. The van der Waals surface area contributed by atoms with Gasteiger partial charge in [-0.1, -0.05) is 0 Å². The lowest BCUT2D eigenvalue weighted by Crippen LogP contribution is -2.07. The summed E-state index contributed by atoms with van der Waals surface area (Å²) in [6, 6.07) is 4.68. The van der Waals surface area contributed by atoms with Crippen molar-refractivity contribution < 1.29 is 14.4 Å². The van der Waals surface area contributed by atoms with E-state index in [0.717, 1.165) is 11.4 Å². The molecule has 0 spiro atoms. The SMILES string of the molecule is COc1cc([N+](=O)[O-])c(OC)cc1/C=N/n1cnnc1-n1nc(C)cc1C. The normalized spacial score (nSPS) is 11.1. The Morgan fingerprint density at radius 3 is 2.52 bits per heavy atom. The van der Waals surface area contributed by atoms with Crippen LogP contribution in [-0.4, -0.2) is 50.0 Å². The maximum atomic E-state index is 11.1. The van der Waals surface area contributed by atoms with Gasteiger partial charge in [-0.3, -0.25) is 10.1 Å². The maximum absolute atomic E-state index is 11.1. The average Bonchev–Trinajstić information content (AvgIpc) is 3.24. The number of aryl methyl sites for hydroxylation is 2. The number of hydrogen-bond donors (Lipinski definition) is 0. The van der Waals surface area contributed by atoms with Gasteiger partial charge in [0, 0.05) is 11.3 Å². The second-order valence-electron chi connectivity index (χ2n) is 5.58. The molecule has 3 rings (SSSR count). The highest BCUT2D eigenvalue weighted by Crippen LogP contribution is 2.33. The summed E-state index contributed by atoms with van der Waals surface area (Å²) in [6.07, 6.45) is 2.90. The number of hydrogen-bond acceptors (Lipinski definition) is 8. The predicted octanol–water partition coefficient (Wildman–Crippen LogP) is 1.89. The van der Waals surface area contributed by atoms with E-state index in [-0.39, 0.29) is 17.2 Å². The Balaban J connectivity index is 2.01. The lowest BCUT2D eigenvalue weighted by molar-refractivity contribution is -0.385. The number of nitro groups is 1. The van der Waals surface area contributed by atoms with Crippen LogP contribution in [0.4, 0.5) is 5.69 Å². The quantitative estimate of drug-likeness (QED) is 0.368. The predicted molar refractivity (Wildman–Crippen MR) is 95.8 cm³/mol. The highest BCUT2D eigenvalue weighted by molar-refractivity contribution is 5.85. The third-order valence-corrected chi connectivity index (χ3v) is 3.76. The van der Waals surface area contributed by atoms with Crippen LogP contribution < -0.4 is 9.47 Å². The van der Waals surface area contributed by atoms with E-state index in [4.69, 9.17) is 9.47 Å². The molecule has 0 radical (unpaired) electrons. The molecule has 0 fully saturated rings. The lowest BCUT2D eigenvalue weighted by Gasteiger charge is -2.08. The molecule has 2 heterocycles. The van der Waals surface area contributed by atoms with Crippen LogP contribution in [0, 0.1) is 24.0 Å². The molecule has 0 aliphatic carbocycles. The zero-order valence-corrected chi connectivity index (χ0v) is 15.2. The molecule has 0 unspecified atom stereocenters. The third-order valence-electron chi connectivity index (χ3n) is 3.76. The molecule has 140 valence electrons. The van der Waals surface area contributed by atoms with Crippen LogP contribution in [0.5, 0.6) is 11.5 Å². The van der Waals surface area contributed by atoms with E-state index in [1.54, 1.807) is 4.68 Å². The van der Waals surface area contributed by atoms with E-state index in [2.05, 4.69) is 20.4 Å². The Morgan fingerprint density at radius 2 is 1.93 bits per heavy atom. The van der Waals surface area contributed by atoms with Crippen molar-refractivity contribution in [2.24, 2.45) is 5.10 Å². The van der Waals surface area contributed by atoms with Crippen LogP contribution in [0.2, 0.25) is 0 Å². The number of nitro benzene ring substituents is 1. The van der Waals surface area contributed by atoms with Crippen LogP contribution in [-0.2, 0) is 0 Å². The average molecular weight is 371 g/mol. The molecule has 0 aliphatic rings. The summed E-state index contributed by atoms with van der Waals surface area (Å²) in [7, 11) is 2.78. The molecule has 0 saturated carbocycles. The molecular weight excluding hydrogens is 354 g/mol. The van der Waals surface area contributed by atoms with Crippen LogP contribution in [0.25, 0.3) is 5.95 Å². The van der Waals surface area contributed by atoms with Gasteiger partial charge < -0.3 is 9.47 Å². The Labute approximate surface area is 154 Å². The van der Waals surface area contributed by atoms with Gasteiger partial charge in [-0.2, -0.15) is 14.9 Å². The first-order valence-electron chi connectivity index (χ1n) is 7.83. The summed E-state index contributed by atoms with van der Waals surface area (Å²) >= 11 is 0. The Morgan fingerprint density at radius 1 is 1.19 bits per heavy atom. The zero-order chi connectivity index (χ0) is 19.6. The standard InChI is InChI=1S/C16H17N7O4/c1-10-5-11(2)22(20-10)16-19-17-9-21(16)18-8-12-6-15(27-4)13(23(24)25)7-14(12)26-3/h5-9H,1-4H3/b18-8+. The van der Waals surface area contributed by atoms with Gasteiger partial charge >= 0.3 is 5.69 Å². The van der Waals surface area contributed by atoms with Crippen LogP contribution >= 0.6 is 0 Å². The second-order valence-corrected chi connectivity index (χ2v) is 5.58. The number of aromatic nitrogens is 5. The Bertz CT molecular complexity index is 1020. The number of rotatable bonds is 6. The van der Waals surface area contributed by atoms with Gasteiger partial charge in [0.05, 0.1) is 37.1 Å². The van der Waals surface area contributed by atoms with Crippen molar-refractivity contribution in [3.63, 3.8) is 0 Å². The van der Waals surface area contributed by atoms with Crippen molar-refractivity contribution in [3.05, 3.63) is 51.6 Å². The molecule has 0 saturated heterocycles. The van der Waals surface area contributed by atoms with Crippen LogP contribution in [0.3, 0.4) is 0 Å². The van der Waals surface area contributed by atoms with E-state index in [0.29, 0.717) is 11.5 Å². The Kier molecular flexibility index (Phi) is 4.83. The van der Waals surface area contributed by atoms with Crippen molar-refractivity contribution in [1.29, 1.82) is 0 Å². The van der Waals surface area contributed by atoms with E-state index >= 15 is 0 Å². The minimum Gasteiger partial charge on any atom is -0.496 e. The fraction of sp³-hybridized carbons (Fsp3) is 0.250.